The van der Waals surface area contributed by atoms with E-state index in [4.69, 9.17) is 23.5 Å². The predicted molar refractivity (Wildman–Crippen MR) is 102 cm³/mol. The fourth-order valence-corrected chi connectivity index (χ4v) is 3.29. The summed E-state index contributed by atoms with van der Waals surface area (Å²) >= 11 is 0. The van der Waals surface area contributed by atoms with Gasteiger partial charge >= 0.3 is 59.1 Å². The van der Waals surface area contributed by atoms with Gasteiger partial charge in [0.15, 0.2) is 11.5 Å². The number of phosphoric ester groups is 1. The van der Waals surface area contributed by atoms with E-state index in [9.17, 15) is 14.4 Å². The van der Waals surface area contributed by atoms with Crippen LogP contribution in [0.1, 0.15) is 0 Å². The van der Waals surface area contributed by atoms with Gasteiger partial charge in [-0.25, -0.2) is 0 Å². The summed E-state index contributed by atoms with van der Waals surface area (Å²) in [5.74, 6) is 1.24. The number of nitrogens with zero attached hydrogens (tertiary/aromatic N) is 1. The number of aromatic nitrogens is 1. The summed E-state index contributed by atoms with van der Waals surface area (Å²) in [5, 5.41) is 4.01. The number of rotatable bonds is 8. The minimum absolute atomic E-state index is 0. The summed E-state index contributed by atoms with van der Waals surface area (Å²) in [6, 6.07) is 7.69. The van der Waals surface area contributed by atoms with Crippen molar-refractivity contribution in [2.75, 3.05) is 28.4 Å². The molecule has 0 fully saturated rings. The summed E-state index contributed by atoms with van der Waals surface area (Å²) in [6.07, 6.45) is 1.30. The quantitative estimate of drug-likeness (QED) is 0.233. The van der Waals surface area contributed by atoms with Crippen molar-refractivity contribution in [3.05, 3.63) is 36.6 Å². The molecule has 0 amide bonds. The van der Waals surface area contributed by atoms with Crippen LogP contribution in [0, 0.1) is 0 Å². The van der Waals surface area contributed by atoms with E-state index in [1.54, 1.807) is 18.2 Å². The number of benzene rings is 2. The minimum Gasteiger partial charge on any atom is -0.780 e. The Morgan fingerprint density at radius 2 is 1.47 bits per heavy atom. The molecule has 0 aliphatic carbocycles. The van der Waals surface area contributed by atoms with Crippen molar-refractivity contribution in [2.24, 2.45) is 0 Å². The van der Waals surface area contributed by atoms with Crippen LogP contribution in [-0.4, -0.2) is 33.6 Å². The van der Waals surface area contributed by atoms with Crippen LogP contribution in [-0.2, 0) is 4.57 Å². The molecule has 1 heterocycles. The first kappa shape index (κ1) is 28.8. The second-order valence-corrected chi connectivity index (χ2v) is 6.97. The molecule has 3 rings (SSSR count). The molecule has 13 heteroatoms. The molecule has 0 saturated heterocycles. The van der Waals surface area contributed by atoms with Gasteiger partial charge in [0.25, 0.3) is 0 Å². The average molecular weight is 481 g/mol. The van der Waals surface area contributed by atoms with Gasteiger partial charge in [0.1, 0.15) is 31.3 Å². The molecule has 0 aliphatic heterocycles. The van der Waals surface area contributed by atoms with E-state index in [1.165, 1.54) is 46.8 Å². The topological polar surface area (TPSA) is 135 Å². The van der Waals surface area contributed by atoms with Gasteiger partial charge in [-0.1, -0.05) is 5.16 Å². The second-order valence-electron chi connectivity index (χ2n) is 5.89. The first-order chi connectivity index (χ1) is 14.3. The van der Waals surface area contributed by atoms with Crippen molar-refractivity contribution in [2.45, 2.75) is 0 Å². The second kappa shape index (κ2) is 12.3. The predicted octanol–water partition coefficient (Wildman–Crippen LogP) is -3.74. The zero-order valence-corrected chi connectivity index (χ0v) is 23.4. The SMILES string of the molecule is COc1ccc(-c2conc2-c2cc(OC)c(OC)c(OC)c2)c(OP(=O)([O-])[O-])c1.[Na+].[Na+]. The Hall–Kier alpha value is -1.20. The number of ether oxygens (including phenoxy) is 4. The Bertz CT molecular complexity index is 1080. The van der Waals surface area contributed by atoms with Crippen molar-refractivity contribution in [3.8, 4) is 51.1 Å². The molecule has 0 spiro atoms. The summed E-state index contributed by atoms with van der Waals surface area (Å²) in [6.45, 7) is 0. The van der Waals surface area contributed by atoms with E-state index in [-0.39, 0.29) is 70.4 Å². The molecule has 0 atom stereocenters. The first-order valence-corrected chi connectivity index (χ1v) is 9.92. The number of hydrogen-bond donors (Lipinski definition) is 0. The van der Waals surface area contributed by atoms with Crippen LogP contribution in [0.25, 0.3) is 22.4 Å². The maximum atomic E-state index is 11.2. The molecule has 10 nitrogen and oxygen atoms in total. The zero-order valence-electron chi connectivity index (χ0n) is 18.5. The van der Waals surface area contributed by atoms with E-state index >= 15 is 0 Å². The molecule has 0 N–H and O–H groups in total. The molecule has 32 heavy (non-hydrogen) atoms. The molecule has 0 bridgehead atoms. The molecule has 1 aromatic heterocycles. The maximum absolute atomic E-state index is 11.2. The summed E-state index contributed by atoms with van der Waals surface area (Å²) in [7, 11) is 0.487. The van der Waals surface area contributed by atoms with Crippen molar-refractivity contribution in [3.63, 3.8) is 0 Å². The van der Waals surface area contributed by atoms with Crippen molar-refractivity contribution >= 4 is 7.82 Å². The van der Waals surface area contributed by atoms with Gasteiger partial charge < -0.3 is 42.3 Å². The number of phosphoric acid groups is 1. The van der Waals surface area contributed by atoms with Crippen LogP contribution < -0.4 is 92.4 Å². The third kappa shape index (κ3) is 6.44. The van der Waals surface area contributed by atoms with Crippen LogP contribution in [0.5, 0.6) is 28.7 Å². The van der Waals surface area contributed by atoms with Crippen LogP contribution in [0.15, 0.2) is 41.1 Å². The van der Waals surface area contributed by atoms with Crippen molar-refractivity contribution < 1.29 is 101 Å². The van der Waals surface area contributed by atoms with E-state index < -0.39 is 7.82 Å². The average Bonchev–Trinajstić information content (AvgIpc) is 3.20. The van der Waals surface area contributed by atoms with E-state index in [1.807, 2.05) is 0 Å². The molecule has 160 valence electrons. The Balaban J connectivity index is 0.00000256. The molecule has 0 unspecified atom stereocenters. The summed E-state index contributed by atoms with van der Waals surface area (Å²) in [4.78, 5) is 22.5. The van der Waals surface area contributed by atoms with Crippen LogP contribution in [0.4, 0.5) is 0 Å². The maximum Gasteiger partial charge on any atom is 1.00 e. The smallest absolute Gasteiger partial charge is 0.780 e. The van der Waals surface area contributed by atoms with E-state index in [0.717, 1.165) is 0 Å². The Kier molecular flexibility index (Phi) is 11.1. The van der Waals surface area contributed by atoms with Crippen molar-refractivity contribution in [1.29, 1.82) is 0 Å². The fourth-order valence-electron chi connectivity index (χ4n) is 2.90. The van der Waals surface area contributed by atoms with Gasteiger partial charge in [0.05, 0.1) is 34.0 Å². The van der Waals surface area contributed by atoms with Crippen LogP contribution >= 0.6 is 7.82 Å². The van der Waals surface area contributed by atoms with Crippen molar-refractivity contribution in [1.82, 2.24) is 5.16 Å². The monoisotopic (exact) mass is 481 g/mol. The number of methoxy groups -OCH3 is 4. The number of hydrogen-bond acceptors (Lipinski definition) is 10. The standard InChI is InChI=1S/C19H20NO9P.2Na/c1-24-12-5-6-13(15(9-12)29-30(21,22)23)14-10-28-20-18(14)11-7-16(25-2)19(27-4)17(8-11)26-3;;/h5-10H,1-4H3,(H2,21,22,23);;/q;2*+1/p-2. The zero-order chi connectivity index (χ0) is 21.9. The van der Waals surface area contributed by atoms with Gasteiger partial charge in [-0.2, -0.15) is 0 Å². The minimum atomic E-state index is -5.33. The van der Waals surface area contributed by atoms with Gasteiger partial charge in [0.2, 0.25) is 5.75 Å². The molecular weight excluding hydrogens is 463 g/mol. The Labute approximate surface area is 229 Å². The normalized spacial score (nSPS) is 10.4. The van der Waals surface area contributed by atoms with E-state index in [2.05, 4.69) is 9.68 Å². The molecular formula is C19H18NNa2O9P. The molecule has 0 aliphatic rings. The molecule has 2 aromatic carbocycles. The van der Waals surface area contributed by atoms with Gasteiger partial charge in [-0.15, -0.1) is 0 Å². The third-order valence-electron chi connectivity index (χ3n) is 4.20. The third-order valence-corrected chi connectivity index (χ3v) is 4.62. The van der Waals surface area contributed by atoms with Gasteiger partial charge in [-0.05, 0) is 24.3 Å². The molecule has 3 aromatic rings. The fraction of sp³-hybridized carbons (Fsp3) is 0.211. The first-order valence-electron chi connectivity index (χ1n) is 8.46. The Morgan fingerprint density at radius 3 is 1.97 bits per heavy atom. The van der Waals surface area contributed by atoms with Gasteiger partial charge in [0, 0.05) is 17.2 Å². The van der Waals surface area contributed by atoms with Crippen LogP contribution in [0.3, 0.4) is 0 Å². The summed E-state index contributed by atoms with van der Waals surface area (Å²) < 4.78 is 42.1. The molecule has 0 saturated carbocycles. The van der Waals surface area contributed by atoms with Crippen LogP contribution in [0.2, 0.25) is 0 Å². The molecule has 0 radical (unpaired) electrons. The Morgan fingerprint density at radius 1 is 0.844 bits per heavy atom. The summed E-state index contributed by atoms with van der Waals surface area (Å²) in [5.41, 5.74) is 1.49. The van der Waals surface area contributed by atoms with Gasteiger partial charge in [-0.3, -0.25) is 0 Å². The van der Waals surface area contributed by atoms with E-state index in [0.29, 0.717) is 39.8 Å². The largest absolute Gasteiger partial charge is 1.00 e.